The maximum absolute atomic E-state index is 12.2. The van der Waals surface area contributed by atoms with Crippen LogP contribution in [0.5, 0.6) is 0 Å². The van der Waals surface area contributed by atoms with Crippen LogP contribution in [0.2, 0.25) is 0 Å². The average molecular weight is 288 g/mol. The fourth-order valence-corrected chi connectivity index (χ4v) is 3.69. The summed E-state index contributed by atoms with van der Waals surface area (Å²) in [4.78, 5) is 0.0511. The zero-order valence-corrected chi connectivity index (χ0v) is 12.0. The fourth-order valence-electron chi connectivity index (χ4n) is 2.33. The monoisotopic (exact) mass is 288 g/mol. The van der Waals surface area contributed by atoms with Crippen LogP contribution in [0.15, 0.2) is 11.1 Å². The summed E-state index contributed by atoms with van der Waals surface area (Å²) in [7, 11) is -1.97. The molecule has 1 aliphatic rings. The topological polar surface area (TPSA) is 99.2 Å². The molecule has 0 bridgehead atoms. The molecule has 2 rings (SSSR count). The molecular formula is C11H20N4O3S. The summed E-state index contributed by atoms with van der Waals surface area (Å²) < 4.78 is 33.9. The van der Waals surface area contributed by atoms with Crippen LogP contribution in [-0.4, -0.2) is 37.5 Å². The van der Waals surface area contributed by atoms with E-state index in [-0.39, 0.29) is 22.9 Å². The summed E-state index contributed by atoms with van der Waals surface area (Å²) in [5.41, 5.74) is 5.65. The number of nitrogen functional groups attached to an aromatic ring is 1. The van der Waals surface area contributed by atoms with Crippen molar-refractivity contribution in [3.63, 3.8) is 0 Å². The minimum Gasteiger partial charge on any atom is -0.381 e. The molecule has 1 fully saturated rings. The first-order valence-electron chi connectivity index (χ1n) is 6.34. The molecule has 19 heavy (non-hydrogen) atoms. The predicted octanol–water partition coefficient (Wildman–Crippen LogP) is 0.331. The van der Waals surface area contributed by atoms with Gasteiger partial charge in [-0.1, -0.05) is 0 Å². The van der Waals surface area contributed by atoms with Crippen molar-refractivity contribution in [1.29, 1.82) is 0 Å². The Morgan fingerprint density at radius 1 is 1.58 bits per heavy atom. The third-order valence-corrected chi connectivity index (χ3v) is 4.95. The molecule has 1 aromatic rings. The number of hydrogen-bond donors (Lipinski definition) is 2. The van der Waals surface area contributed by atoms with Gasteiger partial charge in [-0.3, -0.25) is 4.68 Å². The highest BCUT2D eigenvalue weighted by Crippen LogP contribution is 2.24. The van der Waals surface area contributed by atoms with Gasteiger partial charge in [0.15, 0.2) is 5.82 Å². The van der Waals surface area contributed by atoms with Crippen LogP contribution < -0.4 is 10.5 Å². The first-order chi connectivity index (χ1) is 8.96. The van der Waals surface area contributed by atoms with Crippen LogP contribution in [0.1, 0.15) is 26.2 Å². The van der Waals surface area contributed by atoms with Crippen LogP contribution in [0, 0.1) is 0 Å². The highest BCUT2D eigenvalue weighted by atomic mass is 32.2. The van der Waals surface area contributed by atoms with Crippen molar-refractivity contribution in [2.75, 3.05) is 12.8 Å². The summed E-state index contributed by atoms with van der Waals surface area (Å²) in [5, 5.41) is 3.95. The van der Waals surface area contributed by atoms with Gasteiger partial charge in [0.05, 0.1) is 6.10 Å². The van der Waals surface area contributed by atoms with E-state index in [1.807, 2.05) is 6.92 Å². The molecule has 7 nitrogen and oxygen atoms in total. The van der Waals surface area contributed by atoms with Crippen LogP contribution in [0.25, 0.3) is 0 Å². The third kappa shape index (κ3) is 3.07. The van der Waals surface area contributed by atoms with Crippen molar-refractivity contribution >= 4 is 15.8 Å². The van der Waals surface area contributed by atoms with Gasteiger partial charge in [-0.05, 0) is 26.2 Å². The van der Waals surface area contributed by atoms with E-state index in [2.05, 4.69) is 9.82 Å². The minimum absolute atomic E-state index is 0.0376. The Morgan fingerprint density at radius 2 is 2.32 bits per heavy atom. The van der Waals surface area contributed by atoms with Crippen molar-refractivity contribution in [2.24, 2.45) is 0 Å². The van der Waals surface area contributed by atoms with Crippen LogP contribution >= 0.6 is 0 Å². The highest BCUT2D eigenvalue weighted by molar-refractivity contribution is 7.89. The van der Waals surface area contributed by atoms with E-state index in [0.29, 0.717) is 13.0 Å². The molecule has 3 N–H and O–H groups in total. The number of hydrogen-bond acceptors (Lipinski definition) is 5. The molecule has 0 amide bonds. The summed E-state index contributed by atoms with van der Waals surface area (Å²) in [6.07, 6.45) is 3.92. The molecular weight excluding hydrogens is 268 g/mol. The van der Waals surface area contributed by atoms with E-state index in [1.54, 1.807) is 7.11 Å². The normalized spacial score (nSPS) is 23.9. The summed E-state index contributed by atoms with van der Waals surface area (Å²) in [5.74, 6) is 0.0376. The van der Waals surface area contributed by atoms with Gasteiger partial charge >= 0.3 is 0 Å². The second kappa shape index (κ2) is 5.48. The summed E-state index contributed by atoms with van der Waals surface area (Å²) in [6.45, 7) is 2.45. The number of nitrogens with two attached hydrogens (primary N) is 1. The number of anilines is 1. The van der Waals surface area contributed by atoms with Gasteiger partial charge in [-0.15, -0.1) is 0 Å². The molecule has 1 aliphatic carbocycles. The van der Waals surface area contributed by atoms with Gasteiger partial charge in [0.25, 0.3) is 0 Å². The van der Waals surface area contributed by atoms with E-state index in [1.165, 1.54) is 10.9 Å². The van der Waals surface area contributed by atoms with E-state index in [9.17, 15) is 8.42 Å². The molecule has 0 aromatic carbocycles. The lowest BCUT2D eigenvalue weighted by molar-refractivity contribution is 0.107. The maximum Gasteiger partial charge on any atom is 0.246 e. The molecule has 0 spiro atoms. The quantitative estimate of drug-likeness (QED) is 0.813. The van der Waals surface area contributed by atoms with Gasteiger partial charge in [0.2, 0.25) is 10.0 Å². The Bertz CT molecular complexity index is 540. The Hall–Kier alpha value is -1.12. The third-order valence-electron chi connectivity index (χ3n) is 3.41. The number of aromatic nitrogens is 2. The first-order valence-corrected chi connectivity index (χ1v) is 7.82. The molecule has 2 atom stereocenters. The Balaban J connectivity index is 2.12. The Kier molecular flexibility index (Phi) is 4.12. The number of aryl methyl sites for hydroxylation is 1. The number of ether oxygens (including phenoxy) is 1. The molecule has 0 saturated heterocycles. The number of rotatable bonds is 5. The van der Waals surface area contributed by atoms with Gasteiger partial charge in [-0.2, -0.15) is 5.10 Å². The molecule has 0 aliphatic heterocycles. The highest BCUT2D eigenvalue weighted by Gasteiger charge is 2.30. The lowest BCUT2D eigenvalue weighted by Gasteiger charge is -2.12. The van der Waals surface area contributed by atoms with Crippen LogP contribution in [0.3, 0.4) is 0 Å². The molecule has 1 aromatic heterocycles. The van der Waals surface area contributed by atoms with Crippen molar-refractivity contribution in [1.82, 2.24) is 14.5 Å². The molecule has 2 unspecified atom stereocenters. The van der Waals surface area contributed by atoms with E-state index >= 15 is 0 Å². The lowest BCUT2D eigenvalue weighted by Crippen LogP contribution is -2.33. The molecule has 8 heteroatoms. The SMILES string of the molecule is CCn1cc(S(=O)(=O)NC2CCC(OC)C2)c(N)n1. The summed E-state index contributed by atoms with van der Waals surface area (Å²) in [6, 6.07) is -0.0978. The molecule has 0 radical (unpaired) electrons. The van der Waals surface area contributed by atoms with Gasteiger partial charge in [-0.25, -0.2) is 13.1 Å². The smallest absolute Gasteiger partial charge is 0.246 e. The standard InChI is InChI=1S/C11H20N4O3S/c1-3-15-7-10(11(12)13-15)19(16,17)14-8-4-5-9(6-8)18-2/h7-9,14H,3-6H2,1-2H3,(H2,12,13). The number of methoxy groups -OCH3 is 1. The number of sulfonamides is 1. The van der Waals surface area contributed by atoms with Crippen molar-refractivity contribution in [2.45, 2.75) is 49.8 Å². The Labute approximate surface area is 113 Å². The number of nitrogens with zero attached hydrogens (tertiary/aromatic N) is 2. The first kappa shape index (κ1) is 14.3. The van der Waals surface area contributed by atoms with Crippen LogP contribution in [0.4, 0.5) is 5.82 Å². The zero-order chi connectivity index (χ0) is 14.0. The minimum atomic E-state index is -3.61. The molecule has 1 heterocycles. The maximum atomic E-state index is 12.2. The molecule has 108 valence electrons. The second-order valence-corrected chi connectivity index (χ2v) is 6.41. The van der Waals surface area contributed by atoms with Crippen molar-refractivity contribution in [3.8, 4) is 0 Å². The summed E-state index contributed by atoms with van der Waals surface area (Å²) >= 11 is 0. The van der Waals surface area contributed by atoms with Gasteiger partial charge < -0.3 is 10.5 Å². The lowest BCUT2D eigenvalue weighted by atomic mass is 10.3. The fraction of sp³-hybridized carbons (Fsp3) is 0.727. The van der Waals surface area contributed by atoms with E-state index in [4.69, 9.17) is 10.5 Å². The Morgan fingerprint density at radius 3 is 2.84 bits per heavy atom. The van der Waals surface area contributed by atoms with E-state index in [0.717, 1.165) is 12.8 Å². The van der Waals surface area contributed by atoms with Crippen molar-refractivity contribution < 1.29 is 13.2 Å². The largest absolute Gasteiger partial charge is 0.381 e. The average Bonchev–Trinajstić information content (AvgIpc) is 2.95. The second-order valence-electron chi connectivity index (χ2n) is 4.72. The van der Waals surface area contributed by atoms with Crippen LogP contribution in [-0.2, 0) is 21.3 Å². The van der Waals surface area contributed by atoms with Crippen molar-refractivity contribution in [3.05, 3.63) is 6.20 Å². The predicted molar refractivity (Wildman–Crippen MR) is 71.1 cm³/mol. The zero-order valence-electron chi connectivity index (χ0n) is 11.2. The van der Waals surface area contributed by atoms with Gasteiger partial charge in [0.1, 0.15) is 4.90 Å². The van der Waals surface area contributed by atoms with Gasteiger partial charge in [0, 0.05) is 25.9 Å². The number of nitrogens with one attached hydrogen (secondary N) is 1. The van der Waals surface area contributed by atoms with E-state index < -0.39 is 10.0 Å². The molecule has 1 saturated carbocycles.